The minimum atomic E-state index is -1.43. The van der Waals surface area contributed by atoms with E-state index in [9.17, 15) is 9.90 Å². The standard InChI is InChI=1S/C29H34NSi2.C9H16O2.Ir/c1-20-16-23(17-21(2)29(20)32(6,7)8)28-19-25(22-12-10-9-11-13-22)26-18-24(31(3,4)5)14-15-27(26)30-28;1-6(2)8(10)5-9(11)7(3)4;/h9-16,18-19H,1-8H3;5-7,10H,1-4H3;/q-1;;/b;8-5-;. The van der Waals surface area contributed by atoms with E-state index in [1.165, 1.54) is 44.1 Å². The van der Waals surface area contributed by atoms with Gasteiger partial charge in [-0.25, -0.2) is 0 Å². The van der Waals surface area contributed by atoms with E-state index in [0.717, 1.165) is 16.8 Å². The van der Waals surface area contributed by atoms with Crippen LogP contribution in [0.3, 0.4) is 0 Å². The first-order chi connectivity index (χ1) is 19.9. The van der Waals surface area contributed by atoms with E-state index in [1.54, 1.807) is 0 Å². The predicted octanol–water partition coefficient (Wildman–Crippen LogP) is 9.38. The Hall–Kier alpha value is -2.64. The number of aliphatic hydroxyl groups is 1. The van der Waals surface area contributed by atoms with Crippen molar-refractivity contribution < 1.29 is 30.0 Å². The molecule has 4 rings (SSSR count). The fourth-order valence-electron chi connectivity index (χ4n) is 5.34. The smallest absolute Gasteiger partial charge is 0.161 e. The van der Waals surface area contributed by atoms with Gasteiger partial charge >= 0.3 is 0 Å². The van der Waals surface area contributed by atoms with Gasteiger partial charge in [0.1, 0.15) is 0 Å². The van der Waals surface area contributed by atoms with Crippen LogP contribution in [-0.4, -0.2) is 32.0 Å². The summed E-state index contributed by atoms with van der Waals surface area (Å²) >= 11 is 0. The van der Waals surface area contributed by atoms with Crippen molar-refractivity contribution in [2.75, 3.05) is 0 Å². The molecule has 0 aliphatic carbocycles. The van der Waals surface area contributed by atoms with Crippen molar-refractivity contribution in [3.63, 3.8) is 0 Å². The maximum absolute atomic E-state index is 11.0. The fraction of sp³-hybridized carbons (Fsp3) is 0.368. The van der Waals surface area contributed by atoms with E-state index >= 15 is 0 Å². The van der Waals surface area contributed by atoms with Gasteiger partial charge in [0.25, 0.3) is 0 Å². The van der Waals surface area contributed by atoms with E-state index in [0.29, 0.717) is 0 Å². The van der Waals surface area contributed by atoms with Crippen LogP contribution in [0, 0.1) is 31.7 Å². The molecule has 0 saturated heterocycles. The largest absolute Gasteiger partial charge is 0.512 e. The summed E-state index contributed by atoms with van der Waals surface area (Å²) in [6.45, 7) is 26.2. The molecule has 0 spiro atoms. The summed E-state index contributed by atoms with van der Waals surface area (Å²) in [5, 5.41) is 13.4. The molecule has 0 fully saturated rings. The van der Waals surface area contributed by atoms with Crippen molar-refractivity contribution in [1.29, 1.82) is 0 Å². The van der Waals surface area contributed by atoms with Crippen molar-refractivity contribution in [2.24, 2.45) is 11.8 Å². The van der Waals surface area contributed by atoms with Crippen molar-refractivity contribution in [3.8, 4) is 22.4 Å². The predicted molar refractivity (Wildman–Crippen MR) is 192 cm³/mol. The van der Waals surface area contributed by atoms with Crippen LogP contribution in [-0.2, 0) is 24.9 Å². The number of hydrogen-bond acceptors (Lipinski definition) is 3. The normalized spacial score (nSPS) is 12.2. The van der Waals surface area contributed by atoms with Gasteiger partial charge in [-0.1, -0.05) is 135 Å². The zero-order chi connectivity index (χ0) is 32.3. The van der Waals surface area contributed by atoms with Gasteiger partial charge in [0.2, 0.25) is 0 Å². The number of allylic oxidation sites excluding steroid dienone is 2. The minimum absolute atomic E-state index is 0. The second-order valence-electron chi connectivity index (χ2n) is 14.3. The number of hydrogen-bond donors (Lipinski definition) is 1. The van der Waals surface area contributed by atoms with Crippen molar-refractivity contribution in [3.05, 3.63) is 89.7 Å². The summed E-state index contributed by atoms with van der Waals surface area (Å²) in [6.07, 6.45) is 1.31. The Morgan fingerprint density at radius 3 is 1.95 bits per heavy atom. The topological polar surface area (TPSA) is 50.2 Å². The summed E-state index contributed by atoms with van der Waals surface area (Å²) in [5.41, 5.74) is 8.29. The monoisotopic (exact) mass is 801 g/mol. The molecule has 237 valence electrons. The van der Waals surface area contributed by atoms with Crippen molar-refractivity contribution >= 4 is 43.2 Å². The van der Waals surface area contributed by atoms with Gasteiger partial charge in [0.05, 0.1) is 19.3 Å². The molecule has 0 aliphatic rings. The van der Waals surface area contributed by atoms with E-state index in [2.05, 4.69) is 120 Å². The summed E-state index contributed by atoms with van der Waals surface area (Å²) in [7, 11) is -2.85. The number of benzene rings is 3. The first-order valence-corrected chi connectivity index (χ1v) is 22.4. The molecular formula is C38H50IrNO2Si2-. The third kappa shape index (κ3) is 9.43. The second-order valence-corrected chi connectivity index (χ2v) is 24.4. The summed E-state index contributed by atoms with van der Waals surface area (Å²) in [6, 6.07) is 25.9. The van der Waals surface area contributed by atoms with Gasteiger partial charge < -0.3 is 5.11 Å². The molecule has 0 amide bonds. The Bertz CT molecular complexity index is 1610. The van der Waals surface area contributed by atoms with Crippen LogP contribution in [0.5, 0.6) is 0 Å². The SMILES string of the molecule is CC(C)C(=O)/C=C(\O)C(C)C.Cc1[c-]c(-c2cc(-c3ccccc3)c3cc([Si](C)(C)C)ccc3n2)cc(C)c1[Si](C)(C)C.[Ir]. The molecule has 6 heteroatoms. The third-order valence-electron chi connectivity index (χ3n) is 7.69. The number of carbonyl (C=O) groups excluding carboxylic acids is 1. The molecule has 1 N–H and O–H groups in total. The number of carbonyl (C=O) groups is 1. The quantitative estimate of drug-likeness (QED) is 0.0878. The molecule has 0 aliphatic heterocycles. The van der Waals surface area contributed by atoms with E-state index in [4.69, 9.17) is 4.98 Å². The summed E-state index contributed by atoms with van der Waals surface area (Å²) < 4.78 is 0. The number of rotatable bonds is 7. The third-order valence-corrected chi connectivity index (χ3v) is 12.0. The van der Waals surface area contributed by atoms with Crippen LogP contribution in [0.25, 0.3) is 33.3 Å². The average Bonchev–Trinajstić information content (AvgIpc) is 2.91. The number of aliphatic hydroxyl groups excluding tert-OH is 1. The van der Waals surface area contributed by atoms with Gasteiger partial charge in [0.15, 0.2) is 5.78 Å². The van der Waals surface area contributed by atoms with Crippen LogP contribution in [0.15, 0.2) is 72.5 Å². The number of ketones is 1. The number of aryl methyl sites for hydroxylation is 2. The Labute approximate surface area is 281 Å². The van der Waals surface area contributed by atoms with Crippen LogP contribution in [0.2, 0.25) is 39.3 Å². The van der Waals surface area contributed by atoms with Gasteiger partial charge in [-0.05, 0) is 22.9 Å². The zero-order valence-corrected chi connectivity index (χ0v) is 33.0. The Morgan fingerprint density at radius 1 is 0.841 bits per heavy atom. The molecule has 3 aromatic carbocycles. The van der Waals surface area contributed by atoms with Gasteiger partial charge in [-0.15, -0.1) is 34.0 Å². The Balaban J connectivity index is 0.000000483. The number of nitrogens with zero attached hydrogens (tertiary/aromatic N) is 1. The Morgan fingerprint density at radius 2 is 1.45 bits per heavy atom. The first kappa shape index (κ1) is 37.5. The number of fused-ring (bicyclic) bond motifs is 1. The fourth-order valence-corrected chi connectivity index (χ4v) is 8.95. The molecule has 0 unspecified atom stereocenters. The van der Waals surface area contributed by atoms with Crippen LogP contribution >= 0.6 is 0 Å². The molecule has 1 heterocycles. The molecule has 44 heavy (non-hydrogen) atoms. The van der Waals surface area contributed by atoms with E-state index in [-0.39, 0.29) is 43.5 Å². The second kappa shape index (κ2) is 15.1. The molecule has 0 bridgehead atoms. The molecule has 0 saturated carbocycles. The molecule has 3 nitrogen and oxygen atoms in total. The van der Waals surface area contributed by atoms with E-state index < -0.39 is 16.1 Å². The van der Waals surface area contributed by atoms with E-state index in [1.807, 2.05) is 27.7 Å². The summed E-state index contributed by atoms with van der Waals surface area (Å²) in [4.78, 5) is 16.1. The zero-order valence-electron chi connectivity index (χ0n) is 28.6. The molecule has 4 aromatic rings. The van der Waals surface area contributed by atoms with Gasteiger partial charge in [-0.2, -0.15) is 0 Å². The maximum atomic E-state index is 11.0. The van der Waals surface area contributed by atoms with Crippen LogP contribution in [0.4, 0.5) is 0 Å². The average molecular weight is 801 g/mol. The van der Waals surface area contributed by atoms with Gasteiger partial charge in [0, 0.05) is 51.5 Å². The molecule has 1 radical (unpaired) electrons. The van der Waals surface area contributed by atoms with Crippen molar-refractivity contribution in [2.45, 2.75) is 80.8 Å². The van der Waals surface area contributed by atoms with Gasteiger partial charge in [-0.3, -0.25) is 9.78 Å². The molecular weight excluding hydrogens is 751 g/mol. The molecule has 1 aromatic heterocycles. The maximum Gasteiger partial charge on any atom is 0.161 e. The molecule has 0 atom stereocenters. The summed E-state index contributed by atoms with van der Waals surface area (Å²) in [5.74, 6) is 0.161. The Kier molecular flexibility index (Phi) is 12.9. The minimum Gasteiger partial charge on any atom is -0.512 e. The number of pyridine rings is 1. The van der Waals surface area contributed by atoms with Crippen LogP contribution in [0.1, 0.15) is 38.8 Å². The van der Waals surface area contributed by atoms with Crippen LogP contribution < -0.4 is 10.4 Å². The van der Waals surface area contributed by atoms with Crippen molar-refractivity contribution in [1.82, 2.24) is 4.98 Å². The number of aromatic nitrogens is 1. The first-order valence-electron chi connectivity index (χ1n) is 15.4.